The van der Waals surface area contributed by atoms with Gasteiger partial charge in [0.1, 0.15) is 0 Å². The lowest BCUT2D eigenvalue weighted by molar-refractivity contribution is -0.113. The van der Waals surface area contributed by atoms with Gasteiger partial charge in [-0.05, 0) is 24.3 Å². The van der Waals surface area contributed by atoms with E-state index < -0.39 is 0 Å². The molecule has 0 radical (unpaired) electrons. The average Bonchev–Trinajstić information content (AvgIpc) is 3.52. The second-order valence-corrected chi connectivity index (χ2v) is 10.1. The van der Waals surface area contributed by atoms with Gasteiger partial charge in [-0.1, -0.05) is 53.7 Å². The van der Waals surface area contributed by atoms with Gasteiger partial charge >= 0.3 is 0 Å². The normalized spacial score (nSPS) is 14.2. The number of ether oxygens (including phenoxy) is 1. The van der Waals surface area contributed by atoms with E-state index in [4.69, 9.17) is 16.3 Å². The van der Waals surface area contributed by atoms with Crippen molar-refractivity contribution in [1.82, 2.24) is 24.6 Å². The summed E-state index contributed by atoms with van der Waals surface area (Å²) >= 11 is 8.85. The third kappa shape index (κ3) is 6.09. The van der Waals surface area contributed by atoms with E-state index >= 15 is 0 Å². The molecule has 3 heterocycles. The summed E-state index contributed by atoms with van der Waals surface area (Å²) in [5, 5.41) is 15.5. The first-order chi connectivity index (χ1) is 17.2. The second-order valence-electron chi connectivity index (χ2n) is 7.84. The predicted molar refractivity (Wildman–Crippen MR) is 139 cm³/mol. The van der Waals surface area contributed by atoms with Gasteiger partial charge in [-0.25, -0.2) is 4.98 Å². The highest BCUT2D eigenvalue weighted by atomic mass is 35.5. The standard InChI is InChI=1S/C24H23ClN6O2S2/c25-18-6-8-19(9-7-18)31-21(14-30-10-12-33-13-11-30)28-29-24(31)35-16-22(32)27-23-26-20(15-34-23)17-4-2-1-3-5-17/h1-9,15H,10-14,16H2,(H,26,27,32). The molecule has 1 amide bonds. The topological polar surface area (TPSA) is 85.2 Å². The molecule has 0 unspecified atom stereocenters. The summed E-state index contributed by atoms with van der Waals surface area (Å²) in [5.74, 6) is 0.845. The summed E-state index contributed by atoms with van der Waals surface area (Å²) in [4.78, 5) is 19.5. The lowest BCUT2D eigenvalue weighted by atomic mass is 10.2. The van der Waals surface area contributed by atoms with E-state index in [0.29, 0.717) is 35.1 Å². The zero-order chi connectivity index (χ0) is 24.0. The predicted octanol–water partition coefficient (Wildman–Crippen LogP) is 4.61. The molecule has 1 saturated heterocycles. The number of nitrogens with one attached hydrogen (secondary N) is 1. The van der Waals surface area contributed by atoms with E-state index in [1.165, 1.54) is 23.1 Å². The number of rotatable bonds is 8. The highest BCUT2D eigenvalue weighted by molar-refractivity contribution is 7.99. The van der Waals surface area contributed by atoms with Gasteiger partial charge in [-0.2, -0.15) is 0 Å². The number of thioether (sulfide) groups is 1. The second kappa shape index (κ2) is 11.3. The molecule has 2 aromatic heterocycles. The molecule has 180 valence electrons. The zero-order valence-electron chi connectivity index (χ0n) is 18.8. The Hall–Kier alpha value is -2.76. The van der Waals surface area contributed by atoms with Crippen molar-refractivity contribution in [2.24, 2.45) is 0 Å². The van der Waals surface area contributed by atoms with Crippen LogP contribution in [-0.4, -0.2) is 62.6 Å². The number of hydrogen-bond acceptors (Lipinski definition) is 8. The number of carbonyl (C=O) groups is 1. The third-order valence-electron chi connectivity index (χ3n) is 5.41. The van der Waals surface area contributed by atoms with Crippen LogP contribution in [0.3, 0.4) is 0 Å². The molecular formula is C24H23ClN6O2S2. The molecule has 1 fully saturated rings. The summed E-state index contributed by atoms with van der Waals surface area (Å²) in [6.45, 7) is 3.75. The first kappa shape index (κ1) is 24.0. The molecule has 0 atom stereocenters. The molecule has 1 aliphatic rings. The van der Waals surface area contributed by atoms with Gasteiger partial charge in [0.25, 0.3) is 0 Å². The first-order valence-corrected chi connectivity index (χ1v) is 13.3. The van der Waals surface area contributed by atoms with Crippen LogP contribution in [0.2, 0.25) is 5.02 Å². The van der Waals surface area contributed by atoms with Crippen LogP contribution in [0.25, 0.3) is 16.9 Å². The van der Waals surface area contributed by atoms with Crippen LogP contribution >= 0.6 is 34.7 Å². The fourth-order valence-corrected chi connectivity index (χ4v) is 5.30. The van der Waals surface area contributed by atoms with E-state index in [0.717, 1.165) is 35.9 Å². The zero-order valence-corrected chi connectivity index (χ0v) is 21.2. The number of carbonyl (C=O) groups excluding carboxylic acids is 1. The van der Waals surface area contributed by atoms with Crippen molar-refractivity contribution in [3.05, 3.63) is 70.8 Å². The maximum absolute atomic E-state index is 12.7. The number of anilines is 1. The highest BCUT2D eigenvalue weighted by Crippen LogP contribution is 2.27. The Morgan fingerprint density at radius 3 is 2.63 bits per heavy atom. The Morgan fingerprint density at radius 1 is 1.09 bits per heavy atom. The Balaban J connectivity index is 1.28. The van der Waals surface area contributed by atoms with Crippen molar-refractivity contribution in [3.63, 3.8) is 0 Å². The monoisotopic (exact) mass is 526 g/mol. The van der Waals surface area contributed by atoms with Crippen LogP contribution in [0.5, 0.6) is 0 Å². The molecule has 11 heteroatoms. The fourth-order valence-electron chi connectivity index (χ4n) is 3.66. The van der Waals surface area contributed by atoms with Crippen molar-refractivity contribution in [2.45, 2.75) is 11.7 Å². The third-order valence-corrected chi connectivity index (χ3v) is 7.35. The maximum Gasteiger partial charge on any atom is 0.236 e. The van der Waals surface area contributed by atoms with Gasteiger partial charge in [0, 0.05) is 34.7 Å². The SMILES string of the molecule is O=C(CSc1nnc(CN2CCOCC2)n1-c1ccc(Cl)cc1)Nc1nc(-c2ccccc2)cs1. The van der Waals surface area contributed by atoms with Crippen molar-refractivity contribution < 1.29 is 9.53 Å². The Kier molecular flexibility index (Phi) is 7.75. The number of amides is 1. The van der Waals surface area contributed by atoms with Gasteiger partial charge in [0.2, 0.25) is 5.91 Å². The molecule has 0 aliphatic carbocycles. The molecular weight excluding hydrogens is 504 g/mol. The lowest BCUT2D eigenvalue weighted by Crippen LogP contribution is -2.36. The lowest BCUT2D eigenvalue weighted by Gasteiger charge is -2.26. The minimum atomic E-state index is -0.149. The molecule has 2 aromatic carbocycles. The van der Waals surface area contributed by atoms with Crippen molar-refractivity contribution in [3.8, 4) is 16.9 Å². The van der Waals surface area contributed by atoms with E-state index in [9.17, 15) is 4.79 Å². The molecule has 0 spiro atoms. The van der Waals surface area contributed by atoms with Crippen LogP contribution in [0, 0.1) is 0 Å². The van der Waals surface area contributed by atoms with E-state index in [2.05, 4.69) is 25.4 Å². The number of morpholine rings is 1. The number of aromatic nitrogens is 4. The van der Waals surface area contributed by atoms with Gasteiger partial charge < -0.3 is 10.1 Å². The van der Waals surface area contributed by atoms with Crippen LogP contribution in [-0.2, 0) is 16.1 Å². The molecule has 0 saturated carbocycles. The number of halogens is 1. The molecule has 1 aliphatic heterocycles. The molecule has 1 N–H and O–H groups in total. The van der Waals surface area contributed by atoms with E-state index in [1.807, 2.05) is 64.5 Å². The fraction of sp³-hybridized carbons (Fsp3) is 0.250. The minimum absolute atomic E-state index is 0.149. The van der Waals surface area contributed by atoms with E-state index in [1.54, 1.807) is 0 Å². The molecule has 0 bridgehead atoms. The Morgan fingerprint density at radius 2 is 1.86 bits per heavy atom. The number of nitrogens with zero attached hydrogens (tertiary/aromatic N) is 5. The summed E-state index contributed by atoms with van der Waals surface area (Å²) < 4.78 is 7.45. The number of thiazole rings is 1. The Bertz CT molecular complexity index is 1270. The minimum Gasteiger partial charge on any atom is -0.379 e. The summed E-state index contributed by atoms with van der Waals surface area (Å²) in [6, 6.07) is 17.4. The molecule has 5 rings (SSSR count). The average molecular weight is 527 g/mol. The molecule has 4 aromatic rings. The summed E-state index contributed by atoms with van der Waals surface area (Å²) in [7, 11) is 0. The molecule has 35 heavy (non-hydrogen) atoms. The first-order valence-electron chi connectivity index (χ1n) is 11.1. The van der Waals surface area contributed by atoms with Crippen LogP contribution in [0.4, 0.5) is 5.13 Å². The molecule has 8 nitrogen and oxygen atoms in total. The quantitative estimate of drug-likeness (QED) is 0.336. The van der Waals surface area contributed by atoms with Crippen molar-refractivity contribution >= 4 is 45.7 Å². The number of benzene rings is 2. The van der Waals surface area contributed by atoms with Crippen LogP contribution < -0.4 is 5.32 Å². The van der Waals surface area contributed by atoms with Crippen molar-refractivity contribution in [1.29, 1.82) is 0 Å². The summed E-state index contributed by atoms with van der Waals surface area (Å²) in [6.07, 6.45) is 0. The maximum atomic E-state index is 12.7. The summed E-state index contributed by atoms with van der Waals surface area (Å²) in [5.41, 5.74) is 2.76. The highest BCUT2D eigenvalue weighted by Gasteiger charge is 2.20. The smallest absolute Gasteiger partial charge is 0.236 e. The Labute approximate surface area is 216 Å². The number of hydrogen-bond donors (Lipinski definition) is 1. The van der Waals surface area contributed by atoms with Gasteiger partial charge in [0.05, 0.1) is 31.2 Å². The van der Waals surface area contributed by atoms with E-state index in [-0.39, 0.29) is 11.7 Å². The van der Waals surface area contributed by atoms with Crippen molar-refractivity contribution in [2.75, 3.05) is 37.4 Å². The largest absolute Gasteiger partial charge is 0.379 e. The van der Waals surface area contributed by atoms with Crippen LogP contribution in [0.1, 0.15) is 5.82 Å². The van der Waals surface area contributed by atoms with Gasteiger partial charge in [-0.3, -0.25) is 14.3 Å². The van der Waals surface area contributed by atoms with Gasteiger partial charge in [0.15, 0.2) is 16.1 Å². The van der Waals surface area contributed by atoms with Gasteiger partial charge in [-0.15, -0.1) is 21.5 Å². The van der Waals surface area contributed by atoms with Crippen LogP contribution in [0.15, 0.2) is 65.1 Å².